The summed E-state index contributed by atoms with van der Waals surface area (Å²) in [6.07, 6.45) is -0.412. The van der Waals surface area contributed by atoms with Crippen molar-refractivity contribution in [1.29, 1.82) is 0 Å². The summed E-state index contributed by atoms with van der Waals surface area (Å²) >= 11 is 0. The van der Waals surface area contributed by atoms with Gasteiger partial charge in [0, 0.05) is 19.1 Å². The van der Waals surface area contributed by atoms with E-state index in [1.54, 1.807) is 12.1 Å². The van der Waals surface area contributed by atoms with Gasteiger partial charge in [-0.2, -0.15) is 0 Å². The van der Waals surface area contributed by atoms with E-state index in [0.717, 1.165) is 0 Å². The van der Waals surface area contributed by atoms with Crippen LogP contribution in [0.25, 0.3) is 0 Å². The third-order valence-corrected chi connectivity index (χ3v) is 6.45. The van der Waals surface area contributed by atoms with Gasteiger partial charge >= 0.3 is 0 Å². The Morgan fingerprint density at radius 3 is 2.54 bits per heavy atom. The third-order valence-electron chi connectivity index (χ3n) is 4.70. The maximum atomic E-state index is 13.5. The molecule has 0 aliphatic carbocycles. The van der Waals surface area contributed by atoms with E-state index in [1.165, 1.54) is 36.4 Å². The normalized spacial score (nSPS) is 19.6. The molecule has 2 aromatic carbocycles. The number of aliphatic hydroxyl groups excluding tert-OH is 1. The predicted octanol–water partition coefficient (Wildman–Crippen LogP) is 2.39. The van der Waals surface area contributed by atoms with Gasteiger partial charge < -0.3 is 9.84 Å². The molecule has 0 aromatic heterocycles. The van der Waals surface area contributed by atoms with Gasteiger partial charge in [-0.25, -0.2) is 17.2 Å². The van der Waals surface area contributed by atoms with Crippen LogP contribution in [0.4, 0.5) is 8.78 Å². The fourth-order valence-corrected chi connectivity index (χ4v) is 5.08. The quantitative estimate of drug-likeness (QED) is 0.723. The van der Waals surface area contributed by atoms with Gasteiger partial charge in [0.2, 0.25) is 0 Å². The van der Waals surface area contributed by atoms with E-state index < -0.39 is 15.9 Å². The van der Waals surface area contributed by atoms with Gasteiger partial charge in [-0.05, 0) is 48.4 Å². The molecule has 0 bridgehead atoms. The van der Waals surface area contributed by atoms with Gasteiger partial charge in [0.1, 0.15) is 30.1 Å². The molecule has 5 nitrogen and oxygen atoms in total. The van der Waals surface area contributed by atoms with Crippen molar-refractivity contribution in [2.45, 2.75) is 25.1 Å². The molecule has 28 heavy (non-hydrogen) atoms. The molecule has 8 heteroatoms. The Kier molecular flexibility index (Phi) is 6.64. The second-order valence-corrected chi connectivity index (χ2v) is 9.26. The van der Waals surface area contributed by atoms with E-state index >= 15 is 0 Å². The average molecular weight is 411 g/mol. The Morgan fingerprint density at radius 1 is 1.14 bits per heavy atom. The third kappa shape index (κ3) is 5.98. The molecule has 152 valence electrons. The van der Waals surface area contributed by atoms with Gasteiger partial charge in [-0.3, -0.25) is 4.90 Å². The highest BCUT2D eigenvalue weighted by atomic mass is 32.2. The first-order valence-corrected chi connectivity index (χ1v) is 10.9. The van der Waals surface area contributed by atoms with Crippen molar-refractivity contribution in [2.75, 3.05) is 24.7 Å². The van der Waals surface area contributed by atoms with Crippen LogP contribution in [-0.2, 0) is 16.4 Å². The second-order valence-electron chi connectivity index (χ2n) is 7.03. The zero-order valence-electron chi connectivity index (χ0n) is 15.3. The number of aliphatic hydroxyl groups is 1. The van der Waals surface area contributed by atoms with Gasteiger partial charge in [-0.1, -0.05) is 12.1 Å². The maximum Gasteiger partial charge on any atom is 0.151 e. The number of ether oxygens (including phenoxy) is 1. The minimum atomic E-state index is -3.10. The van der Waals surface area contributed by atoms with Gasteiger partial charge in [0.05, 0.1) is 11.5 Å². The fraction of sp³-hybridized carbons (Fsp3) is 0.400. The van der Waals surface area contributed by atoms with Crippen LogP contribution >= 0.6 is 0 Å². The molecule has 1 aliphatic heterocycles. The molecule has 1 fully saturated rings. The summed E-state index contributed by atoms with van der Waals surface area (Å²) in [5, 5.41) is 10.4. The van der Waals surface area contributed by atoms with E-state index in [2.05, 4.69) is 0 Å². The summed E-state index contributed by atoms with van der Waals surface area (Å²) < 4.78 is 55.7. The summed E-state index contributed by atoms with van der Waals surface area (Å²) in [5.74, 6) is -0.179. The van der Waals surface area contributed by atoms with E-state index in [1.807, 2.05) is 4.90 Å². The first-order chi connectivity index (χ1) is 13.3. The number of hydrogen-bond acceptors (Lipinski definition) is 5. The Morgan fingerprint density at radius 2 is 1.89 bits per heavy atom. The van der Waals surface area contributed by atoms with E-state index in [-0.39, 0.29) is 42.3 Å². The largest absolute Gasteiger partial charge is 0.491 e. The average Bonchev–Trinajstić information content (AvgIpc) is 3.01. The number of nitrogens with zero attached hydrogens (tertiary/aromatic N) is 1. The molecule has 1 aliphatic rings. The van der Waals surface area contributed by atoms with Crippen molar-refractivity contribution in [1.82, 2.24) is 4.90 Å². The highest BCUT2D eigenvalue weighted by Crippen LogP contribution is 2.21. The Labute approximate surface area is 163 Å². The lowest BCUT2D eigenvalue weighted by Gasteiger charge is -2.30. The lowest BCUT2D eigenvalue weighted by Crippen LogP contribution is -2.42. The number of halogens is 2. The molecule has 1 N–H and O–H groups in total. The first kappa shape index (κ1) is 20.7. The summed E-state index contributed by atoms with van der Waals surface area (Å²) in [4.78, 5) is 1.86. The zero-order chi connectivity index (χ0) is 20.1. The van der Waals surface area contributed by atoms with Crippen LogP contribution in [0.2, 0.25) is 0 Å². The molecule has 0 amide bonds. The van der Waals surface area contributed by atoms with Gasteiger partial charge in [-0.15, -0.1) is 0 Å². The summed E-state index contributed by atoms with van der Waals surface area (Å²) in [5.41, 5.74) is 0.705. The van der Waals surface area contributed by atoms with E-state index in [9.17, 15) is 22.3 Å². The van der Waals surface area contributed by atoms with Crippen molar-refractivity contribution in [2.24, 2.45) is 0 Å². The smallest absolute Gasteiger partial charge is 0.151 e. The second kappa shape index (κ2) is 8.98. The topological polar surface area (TPSA) is 66.8 Å². The Hall–Kier alpha value is -2.03. The van der Waals surface area contributed by atoms with Crippen LogP contribution in [0.5, 0.6) is 5.75 Å². The van der Waals surface area contributed by atoms with Crippen LogP contribution < -0.4 is 4.74 Å². The molecule has 1 heterocycles. The van der Waals surface area contributed by atoms with Crippen molar-refractivity contribution < 1.29 is 27.0 Å². The predicted molar refractivity (Wildman–Crippen MR) is 102 cm³/mol. The monoisotopic (exact) mass is 411 g/mol. The highest BCUT2D eigenvalue weighted by Gasteiger charge is 2.33. The summed E-state index contributed by atoms with van der Waals surface area (Å²) in [6.45, 7) is 0.480. The molecular weight excluding hydrogens is 388 g/mol. The molecule has 1 saturated heterocycles. The number of rotatable bonds is 8. The summed E-state index contributed by atoms with van der Waals surface area (Å²) in [6, 6.07) is 11.3. The highest BCUT2D eigenvalue weighted by molar-refractivity contribution is 7.91. The lowest BCUT2D eigenvalue weighted by atomic mass is 10.1. The molecule has 0 saturated carbocycles. The Balaban J connectivity index is 1.64. The molecule has 0 radical (unpaired) electrons. The van der Waals surface area contributed by atoms with Crippen LogP contribution in [0.1, 0.15) is 12.0 Å². The Bertz CT molecular complexity index is 889. The van der Waals surface area contributed by atoms with E-state index in [4.69, 9.17) is 4.74 Å². The maximum absolute atomic E-state index is 13.5. The van der Waals surface area contributed by atoms with Crippen molar-refractivity contribution in [3.05, 3.63) is 65.7 Å². The number of benzene rings is 2. The minimum absolute atomic E-state index is 0.0217. The summed E-state index contributed by atoms with van der Waals surface area (Å²) in [7, 11) is -3.10. The molecule has 2 aromatic rings. The minimum Gasteiger partial charge on any atom is -0.491 e. The molecule has 0 spiro atoms. The molecule has 2 atom stereocenters. The molecular formula is C20H23F2NO4S. The van der Waals surface area contributed by atoms with Crippen LogP contribution in [0, 0.1) is 11.6 Å². The van der Waals surface area contributed by atoms with Crippen molar-refractivity contribution in [3.63, 3.8) is 0 Å². The van der Waals surface area contributed by atoms with Crippen LogP contribution in [0.3, 0.4) is 0 Å². The number of hydrogen-bond donors (Lipinski definition) is 1. The zero-order valence-corrected chi connectivity index (χ0v) is 16.1. The lowest BCUT2D eigenvalue weighted by molar-refractivity contribution is 0.0524. The van der Waals surface area contributed by atoms with Gasteiger partial charge in [0.25, 0.3) is 0 Å². The molecule has 3 rings (SSSR count). The van der Waals surface area contributed by atoms with E-state index in [0.29, 0.717) is 24.3 Å². The fourth-order valence-electron chi connectivity index (χ4n) is 3.32. The SMILES string of the molecule is O=S1(=O)CCC(N(Cc2cccc(F)c2)CC(O)COc2ccc(F)cc2)C1. The van der Waals surface area contributed by atoms with Crippen LogP contribution in [0.15, 0.2) is 48.5 Å². The van der Waals surface area contributed by atoms with Crippen LogP contribution in [-0.4, -0.2) is 55.2 Å². The first-order valence-electron chi connectivity index (χ1n) is 9.06. The van der Waals surface area contributed by atoms with Gasteiger partial charge in [0.15, 0.2) is 9.84 Å². The molecule has 2 unspecified atom stereocenters. The number of sulfone groups is 1. The van der Waals surface area contributed by atoms with Crippen molar-refractivity contribution in [3.8, 4) is 5.75 Å². The van der Waals surface area contributed by atoms with Crippen molar-refractivity contribution >= 4 is 9.84 Å². The standard InChI is InChI=1S/C20H23F2NO4S/c21-16-4-6-20(7-5-16)27-13-19(24)12-23(18-8-9-28(25,26)14-18)11-15-2-1-3-17(22)10-15/h1-7,10,18-19,24H,8-9,11-14H2.